The lowest BCUT2D eigenvalue weighted by atomic mass is 9.81. The van der Waals surface area contributed by atoms with E-state index in [1.807, 2.05) is 24.3 Å². The number of benzene rings is 1. The van der Waals surface area contributed by atoms with Crippen LogP contribution < -0.4 is 10.2 Å². The first-order chi connectivity index (χ1) is 14.1. The van der Waals surface area contributed by atoms with E-state index in [1.165, 1.54) is 16.7 Å². The molecule has 1 aliphatic heterocycles. The van der Waals surface area contributed by atoms with Crippen molar-refractivity contribution in [2.45, 2.75) is 52.9 Å². The van der Waals surface area contributed by atoms with Crippen LogP contribution in [0, 0.1) is 23.7 Å². The van der Waals surface area contributed by atoms with E-state index < -0.39 is 5.91 Å². The summed E-state index contributed by atoms with van der Waals surface area (Å²) in [6, 6.07) is 7.59. The Morgan fingerprint density at radius 3 is 2.03 bits per heavy atom. The third kappa shape index (κ3) is 3.32. The van der Waals surface area contributed by atoms with E-state index in [9.17, 15) is 14.4 Å². The van der Waals surface area contributed by atoms with Crippen LogP contribution in [0.4, 0.5) is 0 Å². The lowest BCUT2D eigenvalue weighted by Crippen LogP contribution is -2.49. The van der Waals surface area contributed by atoms with Crippen LogP contribution in [0.25, 0.3) is 0 Å². The van der Waals surface area contributed by atoms with E-state index in [-0.39, 0.29) is 47.5 Å². The van der Waals surface area contributed by atoms with Gasteiger partial charge in [-0.3, -0.25) is 19.8 Å². The van der Waals surface area contributed by atoms with Crippen LogP contribution in [0.3, 0.4) is 0 Å². The summed E-state index contributed by atoms with van der Waals surface area (Å²) in [5.74, 6) is -0.870. The van der Waals surface area contributed by atoms with Gasteiger partial charge < -0.3 is 4.74 Å². The molecule has 3 fully saturated rings. The maximum atomic E-state index is 12.9. The quantitative estimate of drug-likeness (QED) is 0.610. The number of carbonyl (C=O) groups excluding carboxylic acids is 3. The topological polar surface area (TPSA) is 75.7 Å². The number of fused-ring (bicyclic) bond motifs is 5. The summed E-state index contributed by atoms with van der Waals surface area (Å²) in [6.45, 7) is 10.2. The summed E-state index contributed by atoms with van der Waals surface area (Å²) in [5, 5.41) is 0.941. The largest absolute Gasteiger partial charge is 0.484 e. The number of nitrogens with one attached hydrogen (secondary N) is 1. The second-order valence-electron chi connectivity index (χ2n) is 9.91. The van der Waals surface area contributed by atoms with Gasteiger partial charge in [-0.05, 0) is 61.6 Å². The lowest BCUT2D eigenvalue weighted by molar-refractivity contribution is -0.150. The van der Waals surface area contributed by atoms with Crippen LogP contribution in [0.1, 0.15) is 53.0 Å². The minimum Gasteiger partial charge on any atom is -0.484 e. The first-order valence-corrected chi connectivity index (χ1v) is 10.7. The molecule has 0 radical (unpaired) electrons. The molecule has 1 N–H and O–H groups in total. The minimum atomic E-state index is -0.508. The third-order valence-electron chi connectivity index (χ3n) is 6.76. The van der Waals surface area contributed by atoms with Gasteiger partial charge >= 0.3 is 0 Å². The van der Waals surface area contributed by atoms with Crippen molar-refractivity contribution in [3.05, 3.63) is 41.0 Å². The van der Waals surface area contributed by atoms with Crippen molar-refractivity contribution in [1.29, 1.82) is 0 Å². The number of ether oxygens (including phenoxy) is 1. The molecule has 1 heterocycles. The molecule has 2 saturated carbocycles. The van der Waals surface area contributed by atoms with E-state index in [1.54, 1.807) is 0 Å². The molecule has 6 heteroatoms. The zero-order valence-corrected chi connectivity index (χ0v) is 18.3. The second kappa shape index (κ2) is 7.25. The fourth-order valence-electron chi connectivity index (χ4n) is 5.46. The molecule has 1 saturated heterocycles. The standard InChI is InChI=1S/C24H30N2O4/c1-13(2)19-16-10-11-17(19)21-20(16)22(28)26(23(21)29)25-18(27)12-30-15-8-6-14(7-9-15)24(3,4)5/h6-9,16-17,20-21H,10-12H2,1-5H3,(H,25,27)/t16-,17-,20-,21-/m0/s1. The zero-order valence-electron chi connectivity index (χ0n) is 18.3. The smallest absolute Gasteiger partial charge is 0.276 e. The van der Waals surface area contributed by atoms with Crippen LogP contribution in [-0.4, -0.2) is 29.3 Å². The van der Waals surface area contributed by atoms with E-state index in [4.69, 9.17) is 4.74 Å². The Morgan fingerprint density at radius 2 is 1.57 bits per heavy atom. The number of rotatable bonds is 4. The SMILES string of the molecule is CC(C)=C1[C@@H]2CC[C@@H]1[C@@H]1C(=O)N(NC(=O)COc3ccc(C(C)(C)C)cc3)C(=O)[C@H]12. The van der Waals surface area contributed by atoms with Crippen LogP contribution >= 0.6 is 0 Å². The van der Waals surface area contributed by atoms with Gasteiger partial charge in [-0.2, -0.15) is 5.01 Å². The van der Waals surface area contributed by atoms with Gasteiger partial charge in [-0.1, -0.05) is 44.1 Å². The average molecular weight is 411 g/mol. The van der Waals surface area contributed by atoms with Crippen LogP contribution in [0.2, 0.25) is 0 Å². The zero-order chi connectivity index (χ0) is 21.8. The molecule has 3 aliphatic rings. The van der Waals surface area contributed by atoms with Gasteiger partial charge in [-0.25, -0.2) is 0 Å². The highest BCUT2D eigenvalue weighted by molar-refractivity contribution is 6.07. The Balaban J connectivity index is 1.38. The molecule has 1 aromatic carbocycles. The van der Waals surface area contributed by atoms with E-state index in [2.05, 4.69) is 40.0 Å². The molecule has 160 valence electrons. The molecular formula is C24H30N2O4. The molecule has 4 atom stereocenters. The lowest BCUT2D eigenvalue weighted by Gasteiger charge is -2.20. The van der Waals surface area contributed by atoms with Gasteiger partial charge in [0.2, 0.25) is 0 Å². The molecule has 4 rings (SSSR count). The Morgan fingerprint density at radius 1 is 1.03 bits per heavy atom. The maximum Gasteiger partial charge on any atom is 0.276 e. The molecule has 3 amide bonds. The highest BCUT2D eigenvalue weighted by Gasteiger charge is 2.63. The molecule has 1 aromatic rings. The van der Waals surface area contributed by atoms with Gasteiger partial charge in [0, 0.05) is 0 Å². The van der Waals surface area contributed by atoms with Gasteiger partial charge in [0.25, 0.3) is 17.7 Å². The molecule has 0 aromatic heterocycles. The number of imide groups is 1. The van der Waals surface area contributed by atoms with Crippen LogP contribution in [-0.2, 0) is 19.8 Å². The number of carbonyl (C=O) groups is 3. The monoisotopic (exact) mass is 410 g/mol. The first-order valence-electron chi connectivity index (χ1n) is 10.7. The summed E-state index contributed by atoms with van der Waals surface area (Å²) >= 11 is 0. The van der Waals surface area contributed by atoms with Crippen molar-refractivity contribution in [3.8, 4) is 5.75 Å². The molecular weight excluding hydrogens is 380 g/mol. The molecule has 6 nitrogen and oxygen atoms in total. The van der Waals surface area contributed by atoms with Crippen LogP contribution in [0.5, 0.6) is 5.75 Å². The minimum absolute atomic E-state index is 0.0369. The molecule has 0 unspecified atom stereocenters. The number of amides is 3. The Kier molecular flexibility index (Phi) is 4.99. The van der Waals surface area contributed by atoms with Crippen molar-refractivity contribution >= 4 is 17.7 Å². The number of hydrogen-bond acceptors (Lipinski definition) is 4. The fourth-order valence-corrected chi connectivity index (χ4v) is 5.46. The van der Waals surface area contributed by atoms with Gasteiger partial charge in [-0.15, -0.1) is 0 Å². The summed E-state index contributed by atoms with van der Waals surface area (Å²) in [7, 11) is 0. The second-order valence-corrected chi connectivity index (χ2v) is 9.91. The third-order valence-corrected chi connectivity index (χ3v) is 6.76. The van der Waals surface area contributed by atoms with Crippen molar-refractivity contribution in [2.75, 3.05) is 6.61 Å². The Labute approximate surface area is 177 Å². The van der Waals surface area contributed by atoms with Crippen molar-refractivity contribution in [2.24, 2.45) is 23.7 Å². The van der Waals surface area contributed by atoms with Crippen molar-refractivity contribution in [3.63, 3.8) is 0 Å². The van der Waals surface area contributed by atoms with Gasteiger partial charge in [0.05, 0.1) is 11.8 Å². The number of nitrogens with zero attached hydrogens (tertiary/aromatic N) is 1. The summed E-state index contributed by atoms with van der Waals surface area (Å²) in [5.41, 5.74) is 6.20. The number of hydrogen-bond donors (Lipinski definition) is 1. The van der Waals surface area contributed by atoms with E-state index in [0.29, 0.717) is 5.75 Å². The van der Waals surface area contributed by atoms with Gasteiger partial charge in [0.15, 0.2) is 6.61 Å². The predicted molar refractivity (Wildman–Crippen MR) is 112 cm³/mol. The highest BCUT2D eigenvalue weighted by Crippen LogP contribution is 2.59. The van der Waals surface area contributed by atoms with Crippen molar-refractivity contribution in [1.82, 2.24) is 10.4 Å². The first kappa shape index (κ1) is 20.6. The summed E-state index contributed by atoms with van der Waals surface area (Å²) < 4.78 is 5.54. The van der Waals surface area contributed by atoms with Crippen molar-refractivity contribution < 1.29 is 19.1 Å². The Hall–Kier alpha value is -2.63. The maximum absolute atomic E-state index is 12.9. The van der Waals surface area contributed by atoms with E-state index in [0.717, 1.165) is 17.9 Å². The number of hydrazine groups is 1. The average Bonchev–Trinajstić information content (AvgIpc) is 3.32. The molecule has 2 bridgehead atoms. The molecule has 2 aliphatic carbocycles. The summed E-state index contributed by atoms with van der Waals surface area (Å²) in [6.07, 6.45) is 1.89. The van der Waals surface area contributed by atoms with Crippen LogP contribution in [0.15, 0.2) is 35.4 Å². The highest BCUT2D eigenvalue weighted by atomic mass is 16.5. The van der Waals surface area contributed by atoms with E-state index >= 15 is 0 Å². The number of allylic oxidation sites excluding steroid dienone is 2. The molecule has 30 heavy (non-hydrogen) atoms. The molecule has 0 spiro atoms. The summed E-state index contributed by atoms with van der Waals surface area (Å²) in [4.78, 5) is 38.2. The Bertz CT molecular complexity index is 890. The normalized spacial score (nSPS) is 27.5. The van der Waals surface area contributed by atoms with Gasteiger partial charge in [0.1, 0.15) is 5.75 Å². The fraction of sp³-hybridized carbons (Fsp3) is 0.542. The predicted octanol–water partition coefficient (Wildman–Crippen LogP) is 3.37.